The van der Waals surface area contributed by atoms with E-state index in [9.17, 15) is 14.0 Å². The third-order valence-electron chi connectivity index (χ3n) is 7.63. The molecule has 2 heterocycles. The summed E-state index contributed by atoms with van der Waals surface area (Å²) >= 11 is 4.79. The summed E-state index contributed by atoms with van der Waals surface area (Å²) in [5.74, 6) is 1.10. The van der Waals surface area contributed by atoms with Gasteiger partial charge in [0, 0.05) is 24.2 Å². The number of hydrogen-bond acceptors (Lipinski definition) is 7. The number of methoxy groups -OCH3 is 2. The molecule has 1 aromatic heterocycles. The van der Waals surface area contributed by atoms with Crippen molar-refractivity contribution in [3.8, 4) is 17.2 Å². The van der Waals surface area contributed by atoms with Crippen LogP contribution in [0.4, 0.5) is 4.39 Å². The lowest BCUT2D eigenvalue weighted by Gasteiger charge is -2.30. The van der Waals surface area contributed by atoms with Crippen LogP contribution < -0.4 is 29.1 Å². The van der Waals surface area contributed by atoms with Gasteiger partial charge in [0.25, 0.3) is 11.5 Å². The summed E-state index contributed by atoms with van der Waals surface area (Å²) in [6.45, 7) is 6.72. The molecule has 3 aromatic carbocycles. The second-order valence-corrected chi connectivity index (χ2v) is 12.1. The Morgan fingerprint density at radius 3 is 2.47 bits per heavy atom. The fourth-order valence-corrected chi connectivity index (χ4v) is 6.83. The topological polar surface area (TPSA) is 82.4 Å². The minimum absolute atomic E-state index is 0.0743. The SMILES string of the molecule is CCN(CC)C(=O)C1=C(C)N=c2s/c(=C/c3ccc(OCc4ccccc4F)c(Br)c3)c(=O)n2[C@H]1c1cc(OC)ccc1OC. The first-order valence-electron chi connectivity index (χ1n) is 14.4. The first kappa shape index (κ1) is 32.2. The lowest BCUT2D eigenvalue weighted by atomic mass is 9.93. The number of fused-ring (bicyclic) bond motifs is 1. The first-order valence-corrected chi connectivity index (χ1v) is 16.0. The molecule has 4 aromatic rings. The van der Waals surface area contributed by atoms with Crippen molar-refractivity contribution in [3.63, 3.8) is 0 Å². The van der Waals surface area contributed by atoms with Crippen LogP contribution in [0.2, 0.25) is 0 Å². The third-order valence-corrected chi connectivity index (χ3v) is 9.23. The second kappa shape index (κ2) is 13.8. The average molecular weight is 695 g/mol. The van der Waals surface area contributed by atoms with Crippen molar-refractivity contribution in [2.24, 2.45) is 4.99 Å². The Kier molecular flexibility index (Phi) is 9.89. The number of amides is 1. The molecular weight excluding hydrogens is 661 g/mol. The van der Waals surface area contributed by atoms with Crippen LogP contribution in [0.1, 0.15) is 43.5 Å². The summed E-state index contributed by atoms with van der Waals surface area (Å²) in [6, 6.07) is 16.4. The van der Waals surface area contributed by atoms with Gasteiger partial charge in [-0.1, -0.05) is 35.6 Å². The van der Waals surface area contributed by atoms with Crippen LogP contribution in [0.25, 0.3) is 6.08 Å². The smallest absolute Gasteiger partial charge is 0.271 e. The number of hydrogen-bond donors (Lipinski definition) is 0. The number of aromatic nitrogens is 1. The molecule has 1 aliphatic rings. The van der Waals surface area contributed by atoms with Crippen molar-refractivity contribution in [2.45, 2.75) is 33.4 Å². The number of rotatable bonds is 10. The Bertz CT molecular complexity index is 1960. The average Bonchev–Trinajstić information content (AvgIpc) is 3.34. The molecule has 0 N–H and O–H groups in total. The summed E-state index contributed by atoms with van der Waals surface area (Å²) in [7, 11) is 3.12. The molecule has 0 fully saturated rings. The van der Waals surface area contributed by atoms with Crippen LogP contribution in [-0.4, -0.2) is 42.7 Å². The Morgan fingerprint density at radius 2 is 1.80 bits per heavy atom. The van der Waals surface area contributed by atoms with Crippen LogP contribution in [0.5, 0.6) is 17.2 Å². The van der Waals surface area contributed by atoms with Crippen LogP contribution in [0.15, 0.2) is 86.2 Å². The summed E-state index contributed by atoms with van der Waals surface area (Å²) in [5, 5.41) is 0. The van der Waals surface area contributed by atoms with Gasteiger partial charge in [-0.25, -0.2) is 9.38 Å². The van der Waals surface area contributed by atoms with Crippen molar-refractivity contribution in [1.82, 2.24) is 9.47 Å². The minimum Gasteiger partial charge on any atom is -0.497 e. The van der Waals surface area contributed by atoms with Gasteiger partial charge >= 0.3 is 0 Å². The second-order valence-electron chi connectivity index (χ2n) is 10.2. The van der Waals surface area contributed by atoms with Crippen LogP contribution in [-0.2, 0) is 11.4 Å². The highest BCUT2D eigenvalue weighted by molar-refractivity contribution is 9.10. The summed E-state index contributed by atoms with van der Waals surface area (Å²) < 4.78 is 33.8. The minimum atomic E-state index is -0.789. The number of ether oxygens (including phenoxy) is 3. The molecule has 1 amide bonds. The molecule has 5 rings (SSSR count). The highest BCUT2D eigenvalue weighted by atomic mass is 79.9. The maximum Gasteiger partial charge on any atom is 0.271 e. The fourth-order valence-electron chi connectivity index (χ4n) is 5.27. The van der Waals surface area contributed by atoms with Gasteiger partial charge in [-0.05, 0) is 84.7 Å². The number of allylic oxidation sites excluding steroid dienone is 1. The summed E-state index contributed by atoms with van der Waals surface area (Å²) in [4.78, 5) is 35.1. The standard InChI is InChI=1S/C34H33BrFN3O5S/c1-6-38(7-2)33(41)30-20(3)37-34-39(31(30)24-18-23(42-4)13-15-27(24)43-5)32(40)29(45-34)17-21-12-14-28(25(35)16-21)44-19-22-10-8-9-11-26(22)36/h8-18,31H,6-7,19H2,1-5H3/b29-17+/t31-/m0/s1. The largest absolute Gasteiger partial charge is 0.497 e. The molecule has 1 aliphatic heterocycles. The first-order chi connectivity index (χ1) is 21.7. The van der Waals surface area contributed by atoms with E-state index in [2.05, 4.69) is 15.9 Å². The number of carbonyl (C=O) groups is 1. The van der Waals surface area contributed by atoms with E-state index in [0.29, 0.717) is 66.5 Å². The summed E-state index contributed by atoms with van der Waals surface area (Å²) in [6.07, 6.45) is 1.78. The zero-order valence-electron chi connectivity index (χ0n) is 25.6. The number of halogens is 2. The highest BCUT2D eigenvalue weighted by Gasteiger charge is 2.36. The molecule has 8 nitrogen and oxygen atoms in total. The highest BCUT2D eigenvalue weighted by Crippen LogP contribution is 2.38. The van der Waals surface area contributed by atoms with Crippen LogP contribution in [0, 0.1) is 5.82 Å². The van der Waals surface area contributed by atoms with Gasteiger partial charge < -0.3 is 19.1 Å². The number of thiazole rings is 1. The van der Waals surface area contributed by atoms with Gasteiger partial charge in [-0.15, -0.1) is 0 Å². The van der Waals surface area contributed by atoms with Gasteiger partial charge in [0.2, 0.25) is 0 Å². The summed E-state index contributed by atoms with van der Waals surface area (Å²) in [5.41, 5.74) is 2.47. The van der Waals surface area contributed by atoms with Gasteiger partial charge in [0.1, 0.15) is 35.7 Å². The third kappa shape index (κ3) is 6.46. The molecule has 0 radical (unpaired) electrons. The fraction of sp³-hybridized carbons (Fsp3) is 0.265. The Labute approximate surface area is 272 Å². The molecule has 45 heavy (non-hydrogen) atoms. The van der Waals surface area contributed by atoms with E-state index in [-0.39, 0.29) is 23.9 Å². The Balaban J connectivity index is 1.60. The predicted octanol–water partition coefficient (Wildman–Crippen LogP) is 5.60. The Hall–Kier alpha value is -4.22. The molecule has 0 saturated carbocycles. The van der Waals surface area contributed by atoms with Crippen molar-refractivity contribution in [1.29, 1.82) is 0 Å². The predicted molar refractivity (Wildman–Crippen MR) is 176 cm³/mol. The zero-order valence-corrected chi connectivity index (χ0v) is 28.0. The maximum absolute atomic E-state index is 14.2. The molecule has 0 unspecified atom stereocenters. The Morgan fingerprint density at radius 1 is 1.07 bits per heavy atom. The van der Waals surface area contributed by atoms with Gasteiger partial charge in [-0.2, -0.15) is 0 Å². The molecule has 1 atom stereocenters. The lowest BCUT2D eigenvalue weighted by Crippen LogP contribution is -2.43. The number of benzene rings is 3. The number of carbonyl (C=O) groups excluding carboxylic acids is 1. The molecule has 234 valence electrons. The molecule has 0 spiro atoms. The number of likely N-dealkylation sites (N-methyl/N-ethyl adjacent to an activating group) is 1. The molecule has 0 bridgehead atoms. The number of nitrogens with zero attached hydrogens (tertiary/aromatic N) is 3. The van der Waals surface area contributed by atoms with Gasteiger partial charge in [-0.3, -0.25) is 14.2 Å². The van der Waals surface area contributed by atoms with Crippen molar-refractivity contribution < 1.29 is 23.4 Å². The normalized spacial score (nSPS) is 14.6. The molecule has 0 saturated heterocycles. The quantitative estimate of drug-likeness (QED) is 0.216. The van der Waals surface area contributed by atoms with E-state index >= 15 is 0 Å². The molecule has 11 heteroatoms. The van der Waals surface area contributed by atoms with E-state index < -0.39 is 6.04 Å². The zero-order chi connectivity index (χ0) is 32.2. The van der Waals surface area contributed by atoms with E-state index in [1.165, 1.54) is 17.4 Å². The maximum atomic E-state index is 14.2. The van der Waals surface area contributed by atoms with E-state index in [4.69, 9.17) is 19.2 Å². The van der Waals surface area contributed by atoms with Gasteiger partial charge in [0.05, 0.1) is 34.5 Å². The van der Waals surface area contributed by atoms with Crippen molar-refractivity contribution >= 4 is 39.2 Å². The van der Waals surface area contributed by atoms with Gasteiger partial charge in [0.15, 0.2) is 4.80 Å². The van der Waals surface area contributed by atoms with Crippen LogP contribution in [0.3, 0.4) is 0 Å². The van der Waals surface area contributed by atoms with E-state index in [1.54, 1.807) is 79.2 Å². The van der Waals surface area contributed by atoms with E-state index in [0.717, 1.165) is 5.56 Å². The molecular formula is C34H33BrFN3O5S. The van der Waals surface area contributed by atoms with E-state index in [1.807, 2.05) is 26.0 Å². The van der Waals surface area contributed by atoms with Crippen molar-refractivity contribution in [3.05, 3.63) is 119 Å². The lowest BCUT2D eigenvalue weighted by molar-refractivity contribution is -0.127. The monoisotopic (exact) mass is 693 g/mol. The van der Waals surface area contributed by atoms with Crippen LogP contribution >= 0.6 is 27.3 Å². The van der Waals surface area contributed by atoms with Crippen molar-refractivity contribution in [2.75, 3.05) is 27.3 Å². The molecule has 0 aliphatic carbocycles.